The summed E-state index contributed by atoms with van der Waals surface area (Å²) >= 11 is 5.72. The Hall–Kier alpha value is -0.530. The maximum absolute atomic E-state index is 14.5. The van der Waals surface area contributed by atoms with Crippen molar-refractivity contribution in [1.82, 2.24) is 10.2 Å². The average molecular weight is 424 g/mol. The van der Waals surface area contributed by atoms with Gasteiger partial charge in [0, 0.05) is 37.8 Å². The number of alkyl halides is 3. The van der Waals surface area contributed by atoms with E-state index in [0.29, 0.717) is 38.7 Å². The topological polar surface area (TPSA) is 15.3 Å². The number of piperazine rings is 1. The fourth-order valence-corrected chi connectivity index (χ4v) is 3.00. The number of hydrogen-bond acceptors (Lipinski definition) is 2. The van der Waals surface area contributed by atoms with Crippen LogP contribution in [0.5, 0.6) is 0 Å². The fraction of sp³-hybridized carbons (Fsp3) is 0.500. The highest BCUT2D eigenvalue weighted by Crippen LogP contribution is 2.38. The smallest absolute Gasteiger partial charge is 0.314 e. The molecule has 2 rings (SSSR count). The van der Waals surface area contributed by atoms with Crippen LogP contribution < -0.4 is 5.32 Å². The normalized spacial score (nSPS) is 16.6. The second kappa shape index (κ2) is 9.97. The van der Waals surface area contributed by atoms with Crippen LogP contribution in [0.2, 0.25) is 5.02 Å². The third-order valence-corrected chi connectivity index (χ3v) is 4.15. The molecule has 144 valence electrons. The van der Waals surface area contributed by atoms with Crippen LogP contribution in [0.15, 0.2) is 24.3 Å². The molecule has 2 nitrogen and oxygen atoms in total. The van der Waals surface area contributed by atoms with Crippen LogP contribution >= 0.6 is 36.4 Å². The molecule has 1 heterocycles. The van der Waals surface area contributed by atoms with Crippen molar-refractivity contribution in [2.24, 2.45) is 0 Å². The van der Waals surface area contributed by atoms with E-state index in [1.54, 1.807) is 6.92 Å². The van der Waals surface area contributed by atoms with Gasteiger partial charge in [0.15, 0.2) is 0 Å². The summed E-state index contributed by atoms with van der Waals surface area (Å²) in [6.45, 7) is 8.28. The Morgan fingerprint density at radius 2 is 1.84 bits per heavy atom. The maximum atomic E-state index is 14.5. The van der Waals surface area contributed by atoms with Crippen molar-refractivity contribution in [3.63, 3.8) is 0 Å². The summed E-state index contributed by atoms with van der Waals surface area (Å²) in [4.78, 5) is 1.97. The van der Waals surface area contributed by atoms with E-state index in [1.807, 2.05) is 4.90 Å². The van der Waals surface area contributed by atoms with Crippen LogP contribution in [-0.2, 0) is 6.18 Å². The third kappa shape index (κ3) is 6.29. The minimum atomic E-state index is -4.57. The van der Waals surface area contributed by atoms with E-state index in [9.17, 15) is 17.6 Å². The van der Waals surface area contributed by atoms with Crippen molar-refractivity contribution in [3.8, 4) is 0 Å². The predicted octanol–water partition coefficient (Wildman–Crippen LogP) is 5.25. The van der Waals surface area contributed by atoms with Gasteiger partial charge in [-0.15, -0.1) is 31.4 Å². The van der Waals surface area contributed by atoms with Crippen LogP contribution in [0.25, 0.3) is 0 Å². The first-order chi connectivity index (χ1) is 10.7. The molecule has 1 saturated heterocycles. The van der Waals surface area contributed by atoms with E-state index in [-0.39, 0.29) is 30.4 Å². The minimum Gasteiger partial charge on any atom is -0.314 e. The van der Waals surface area contributed by atoms with Gasteiger partial charge in [0.1, 0.15) is 5.82 Å². The van der Waals surface area contributed by atoms with Crippen LogP contribution in [0.1, 0.15) is 30.5 Å². The van der Waals surface area contributed by atoms with Gasteiger partial charge < -0.3 is 5.32 Å². The lowest BCUT2D eigenvalue weighted by Gasteiger charge is -2.36. The van der Waals surface area contributed by atoms with E-state index in [4.69, 9.17) is 11.6 Å². The van der Waals surface area contributed by atoms with Gasteiger partial charge in [0.25, 0.3) is 0 Å². The Morgan fingerprint density at radius 3 is 2.32 bits per heavy atom. The summed E-state index contributed by atoms with van der Waals surface area (Å²) in [5.41, 5.74) is -0.169. The lowest BCUT2D eigenvalue weighted by atomic mass is 9.95. The van der Waals surface area contributed by atoms with Gasteiger partial charge in [0.05, 0.1) is 10.6 Å². The summed E-state index contributed by atoms with van der Waals surface area (Å²) in [5, 5.41) is 2.67. The van der Waals surface area contributed by atoms with Crippen molar-refractivity contribution in [2.75, 3.05) is 26.2 Å². The summed E-state index contributed by atoms with van der Waals surface area (Å²) in [5.74, 6) is -0.788. The highest BCUT2D eigenvalue weighted by atomic mass is 35.5. The molecule has 1 fully saturated rings. The van der Waals surface area contributed by atoms with E-state index >= 15 is 0 Å². The summed E-state index contributed by atoms with van der Waals surface area (Å²) < 4.78 is 53.5. The zero-order valence-corrected chi connectivity index (χ0v) is 16.0. The zero-order valence-electron chi connectivity index (χ0n) is 13.6. The maximum Gasteiger partial charge on any atom is 0.416 e. The highest BCUT2D eigenvalue weighted by molar-refractivity contribution is 6.30. The first-order valence-corrected chi connectivity index (χ1v) is 7.73. The van der Waals surface area contributed by atoms with Crippen LogP contribution in [-0.4, -0.2) is 31.1 Å². The number of nitrogens with zero attached hydrogens (tertiary/aromatic N) is 1. The first kappa shape index (κ1) is 24.5. The van der Waals surface area contributed by atoms with Crippen molar-refractivity contribution >= 4 is 36.4 Å². The third-order valence-electron chi connectivity index (χ3n) is 3.88. The molecule has 1 aliphatic heterocycles. The molecule has 0 unspecified atom stereocenters. The summed E-state index contributed by atoms with van der Waals surface area (Å²) in [7, 11) is 0. The van der Waals surface area contributed by atoms with Gasteiger partial charge in [-0.1, -0.05) is 17.2 Å². The molecule has 0 spiro atoms. The molecular formula is C16H21Cl3F4N2. The number of benzene rings is 1. The zero-order chi connectivity index (χ0) is 17.2. The average Bonchev–Trinajstić information content (AvgIpc) is 2.47. The number of rotatable bonds is 4. The van der Waals surface area contributed by atoms with Gasteiger partial charge in [-0.3, -0.25) is 4.90 Å². The Morgan fingerprint density at radius 1 is 1.28 bits per heavy atom. The quantitative estimate of drug-likeness (QED) is 0.525. The van der Waals surface area contributed by atoms with Gasteiger partial charge in [-0.2, -0.15) is 13.2 Å². The predicted molar refractivity (Wildman–Crippen MR) is 97.5 cm³/mol. The summed E-state index contributed by atoms with van der Waals surface area (Å²) in [6.07, 6.45) is -4.18. The second-order valence-electron chi connectivity index (χ2n) is 5.82. The van der Waals surface area contributed by atoms with Gasteiger partial charge in [0.2, 0.25) is 0 Å². The van der Waals surface area contributed by atoms with Crippen LogP contribution in [0.3, 0.4) is 0 Å². The van der Waals surface area contributed by atoms with Gasteiger partial charge in [-0.25, -0.2) is 4.39 Å². The molecule has 0 aromatic heterocycles. The van der Waals surface area contributed by atoms with E-state index in [1.165, 1.54) is 0 Å². The van der Waals surface area contributed by atoms with E-state index in [2.05, 4.69) is 11.9 Å². The van der Waals surface area contributed by atoms with E-state index in [0.717, 1.165) is 11.6 Å². The molecular weight excluding hydrogens is 403 g/mol. The molecule has 0 bridgehead atoms. The molecule has 1 N–H and O–H groups in total. The first-order valence-electron chi connectivity index (χ1n) is 7.35. The molecule has 9 heteroatoms. The molecule has 0 amide bonds. The highest BCUT2D eigenvalue weighted by Gasteiger charge is 2.34. The summed E-state index contributed by atoms with van der Waals surface area (Å²) in [6, 6.07) is 1.00. The van der Waals surface area contributed by atoms with Gasteiger partial charge in [-0.05, 0) is 25.5 Å². The number of hydrogen-bond donors (Lipinski definition) is 1. The SMILES string of the molecule is C=C(C)C[C@@H](c1cc(C(F)(F)F)cc(Cl)c1F)N1CCNCC1.Cl.Cl. The standard InChI is InChI=1S/C16H19ClF4N2.2ClH/c1-10(2)7-14(23-5-3-22-4-6-23)12-8-11(16(19,20)21)9-13(17)15(12)18;;/h8-9,14,22H,1,3-7H2,2H3;2*1H/t14-;;/m0../s1. The lowest BCUT2D eigenvalue weighted by molar-refractivity contribution is -0.137. The van der Waals surface area contributed by atoms with Crippen molar-refractivity contribution < 1.29 is 17.6 Å². The Bertz CT molecular complexity index is 587. The largest absolute Gasteiger partial charge is 0.416 e. The van der Waals surface area contributed by atoms with Gasteiger partial charge >= 0.3 is 6.18 Å². The molecule has 0 radical (unpaired) electrons. The van der Waals surface area contributed by atoms with Crippen molar-refractivity contribution in [3.05, 3.63) is 46.3 Å². The molecule has 1 aliphatic rings. The molecule has 1 aromatic rings. The van der Waals surface area contributed by atoms with Crippen molar-refractivity contribution in [1.29, 1.82) is 0 Å². The lowest BCUT2D eigenvalue weighted by Crippen LogP contribution is -2.45. The number of nitrogens with one attached hydrogen (secondary N) is 1. The van der Waals surface area contributed by atoms with Crippen molar-refractivity contribution in [2.45, 2.75) is 25.6 Å². The van der Waals surface area contributed by atoms with Crippen LogP contribution in [0.4, 0.5) is 17.6 Å². The Balaban J connectivity index is 0.00000288. The van der Waals surface area contributed by atoms with E-state index < -0.39 is 28.6 Å². The Kier molecular flexibility index (Phi) is 9.76. The second-order valence-corrected chi connectivity index (χ2v) is 6.23. The van der Waals surface area contributed by atoms with Crippen LogP contribution in [0, 0.1) is 5.82 Å². The monoisotopic (exact) mass is 422 g/mol. The Labute approximate surface area is 162 Å². The fourth-order valence-electron chi connectivity index (χ4n) is 2.78. The molecule has 0 aliphatic carbocycles. The molecule has 25 heavy (non-hydrogen) atoms. The minimum absolute atomic E-state index is 0. The molecule has 1 atom stereocenters. The molecule has 1 aromatic carbocycles. The molecule has 0 saturated carbocycles. The number of halogens is 7.